The molecule has 2 unspecified atom stereocenters. The summed E-state index contributed by atoms with van der Waals surface area (Å²) >= 11 is 0. The van der Waals surface area contributed by atoms with Gasteiger partial charge in [-0.2, -0.15) is 0 Å². The molecule has 0 amide bonds. The van der Waals surface area contributed by atoms with Crippen molar-refractivity contribution in [3.63, 3.8) is 0 Å². The summed E-state index contributed by atoms with van der Waals surface area (Å²) in [6, 6.07) is 0.802. The maximum Gasteiger partial charge on any atom is 0.0292 e. The molecule has 0 bridgehead atoms. The third-order valence-electron chi connectivity index (χ3n) is 3.17. The molecule has 0 spiro atoms. The van der Waals surface area contributed by atoms with Crippen molar-refractivity contribution in [2.45, 2.75) is 59.0 Å². The summed E-state index contributed by atoms with van der Waals surface area (Å²) in [5, 5.41) is 0. The van der Waals surface area contributed by atoms with Crippen LogP contribution in [0.15, 0.2) is 0 Å². The lowest BCUT2D eigenvalue weighted by Crippen LogP contribution is -2.54. The third-order valence-corrected chi connectivity index (χ3v) is 3.17. The summed E-state index contributed by atoms with van der Waals surface area (Å²) in [5.74, 6) is 0. The maximum absolute atomic E-state index is 6.11. The maximum atomic E-state index is 6.11. The first-order valence-corrected chi connectivity index (χ1v) is 5.92. The molecule has 0 saturated carbocycles. The van der Waals surface area contributed by atoms with Gasteiger partial charge in [0.2, 0.25) is 0 Å². The quantitative estimate of drug-likeness (QED) is 0.737. The van der Waals surface area contributed by atoms with Crippen LogP contribution in [0.1, 0.15) is 47.0 Å². The van der Waals surface area contributed by atoms with Gasteiger partial charge in [0.15, 0.2) is 0 Å². The molecule has 2 atom stereocenters. The molecule has 2 N–H and O–H groups in total. The van der Waals surface area contributed by atoms with Crippen molar-refractivity contribution < 1.29 is 0 Å². The van der Waals surface area contributed by atoms with Crippen LogP contribution in [0.2, 0.25) is 0 Å². The zero-order chi connectivity index (χ0) is 10.8. The molecule has 1 saturated heterocycles. The molecule has 1 fully saturated rings. The third kappa shape index (κ3) is 2.96. The van der Waals surface area contributed by atoms with Crippen molar-refractivity contribution in [1.29, 1.82) is 0 Å². The van der Waals surface area contributed by atoms with Crippen LogP contribution in [0, 0.1) is 5.41 Å². The van der Waals surface area contributed by atoms with Gasteiger partial charge in [-0.15, -0.1) is 0 Å². The van der Waals surface area contributed by atoms with Gasteiger partial charge in [-0.1, -0.05) is 27.2 Å². The summed E-state index contributed by atoms with van der Waals surface area (Å²) in [4.78, 5) is 2.59. The summed E-state index contributed by atoms with van der Waals surface area (Å²) in [7, 11) is 0. The second-order valence-corrected chi connectivity index (χ2v) is 5.77. The van der Waals surface area contributed by atoms with E-state index in [1.165, 1.54) is 32.4 Å². The van der Waals surface area contributed by atoms with E-state index in [1.807, 2.05) is 0 Å². The molecule has 2 heteroatoms. The Labute approximate surface area is 88.8 Å². The highest BCUT2D eigenvalue weighted by molar-refractivity contribution is 4.90. The fraction of sp³-hybridized carbons (Fsp3) is 1.00. The molecule has 0 aromatic heterocycles. The van der Waals surface area contributed by atoms with Crippen molar-refractivity contribution in [3.05, 3.63) is 0 Å². The molecular formula is C12H26N2. The largest absolute Gasteiger partial charge is 0.327 e. The minimum atomic E-state index is 0.271. The predicted octanol–water partition coefficient (Wildman–Crippen LogP) is 2.23. The average molecular weight is 198 g/mol. The fourth-order valence-corrected chi connectivity index (χ4v) is 2.87. The van der Waals surface area contributed by atoms with Crippen molar-refractivity contribution in [1.82, 2.24) is 4.90 Å². The highest BCUT2D eigenvalue weighted by Crippen LogP contribution is 2.28. The minimum Gasteiger partial charge on any atom is -0.327 e. The number of hydrogen-bond acceptors (Lipinski definition) is 2. The van der Waals surface area contributed by atoms with Crippen molar-refractivity contribution in [3.8, 4) is 0 Å². The highest BCUT2D eigenvalue weighted by atomic mass is 15.2. The summed E-state index contributed by atoms with van der Waals surface area (Å²) in [6.45, 7) is 11.5. The Kier molecular flexibility index (Phi) is 3.96. The Hall–Kier alpha value is -0.0800. The van der Waals surface area contributed by atoms with Crippen LogP contribution in [0.5, 0.6) is 0 Å². The van der Waals surface area contributed by atoms with Gasteiger partial charge in [-0.05, 0) is 38.3 Å². The molecule has 84 valence electrons. The number of nitrogens with zero attached hydrogens (tertiary/aromatic N) is 1. The fourth-order valence-electron chi connectivity index (χ4n) is 2.87. The van der Waals surface area contributed by atoms with E-state index in [4.69, 9.17) is 5.73 Å². The lowest BCUT2D eigenvalue weighted by Gasteiger charge is -2.44. The van der Waals surface area contributed by atoms with E-state index in [0.29, 0.717) is 11.5 Å². The predicted molar refractivity (Wildman–Crippen MR) is 62.3 cm³/mol. The molecule has 1 rings (SSSR count). The first-order chi connectivity index (χ1) is 6.43. The number of nitrogens with two attached hydrogens (primary N) is 1. The summed E-state index contributed by atoms with van der Waals surface area (Å²) in [6.07, 6.45) is 4.09. The first-order valence-electron chi connectivity index (χ1n) is 5.92. The van der Waals surface area contributed by atoms with Crippen molar-refractivity contribution >= 4 is 0 Å². The zero-order valence-corrected chi connectivity index (χ0v) is 10.2. The molecule has 2 nitrogen and oxygen atoms in total. The monoisotopic (exact) mass is 198 g/mol. The van der Waals surface area contributed by atoms with Crippen LogP contribution in [-0.4, -0.2) is 30.1 Å². The standard InChI is InChI=1S/C12H26N2/c1-10(13)11(12(2,3)4)14-8-6-5-7-9-14/h10-11H,5-9,13H2,1-4H3. The van der Waals surface area contributed by atoms with Crippen LogP contribution in [-0.2, 0) is 0 Å². The average Bonchev–Trinajstić information content (AvgIpc) is 2.02. The molecule has 0 aromatic rings. The Balaban J connectivity index is 2.66. The van der Waals surface area contributed by atoms with E-state index < -0.39 is 0 Å². The normalized spacial score (nSPS) is 24.6. The van der Waals surface area contributed by atoms with E-state index in [0.717, 1.165) is 0 Å². The molecule has 1 heterocycles. The second-order valence-electron chi connectivity index (χ2n) is 5.77. The molecular weight excluding hydrogens is 172 g/mol. The van der Waals surface area contributed by atoms with Crippen LogP contribution >= 0.6 is 0 Å². The van der Waals surface area contributed by atoms with Gasteiger partial charge < -0.3 is 5.73 Å². The molecule has 14 heavy (non-hydrogen) atoms. The van der Waals surface area contributed by atoms with E-state index in [-0.39, 0.29) is 6.04 Å². The van der Waals surface area contributed by atoms with Crippen molar-refractivity contribution in [2.24, 2.45) is 11.1 Å². The molecule has 0 aromatic carbocycles. The van der Waals surface area contributed by atoms with Gasteiger partial charge in [-0.25, -0.2) is 0 Å². The lowest BCUT2D eigenvalue weighted by molar-refractivity contribution is 0.0651. The topological polar surface area (TPSA) is 29.3 Å². The van der Waals surface area contributed by atoms with Crippen molar-refractivity contribution in [2.75, 3.05) is 13.1 Å². The van der Waals surface area contributed by atoms with E-state index in [9.17, 15) is 0 Å². The highest BCUT2D eigenvalue weighted by Gasteiger charge is 2.33. The zero-order valence-electron chi connectivity index (χ0n) is 10.2. The van der Waals surface area contributed by atoms with E-state index in [2.05, 4.69) is 32.6 Å². The van der Waals surface area contributed by atoms with Gasteiger partial charge in [0.1, 0.15) is 0 Å². The number of hydrogen-bond donors (Lipinski definition) is 1. The summed E-state index contributed by atoms with van der Waals surface area (Å²) in [5.41, 5.74) is 6.41. The molecule has 0 radical (unpaired) electrons. The van der Waals surface area contributed by atoms with Gasteiger partial charge in [0.25, 0.3) is 0 Å². The first kappa shape index (κ1) is 12.0. The van der Waals surface area contributed by atoms with Gasteiger partial charge >= 0.3 is 0 Å². The Morgan fingerprint density at radius 3 is 1.93 bits per heavy atom. The number of likely N-dealkylation sites (tertiary alicyclic amines) is 1. The van der Waals surface area contributed by atoms with Crippen LogP contribution in [0.4, 0.5) is 0 Å². The Morgan fingerprint density at radius 2 is 1.57 bits per heavy atom. The van der Waals surface area contributed by atoms with Crippen LogP contribution in [0.25, 0.3) is 0 Å². The van der Waals surface area contributed by atoms with Gasteiger partial charge in [0, 0.05) is 12.1 Å². The smallest absolute Gasteiger partial charge is 0.0292 e. The lowest BCUT2D eigenvalue weighted by atomic mass is 9.81. The SMILES string of the molecule is CC(N)C(N1CCCCC1)C(C)(C)C. The van der Waals surface area contributed by atoms with Crippen LogP contribution in [0.3, 0.4) is 0 Å². The summed E-state index contributed by atoms with van der Waals surface area (Å²) < 4.78 is 0. The molecule has 0 aliphatic carbocycles. The minimum absolute atomic E-state index is 0.271. The number of piperidine rings is 1. The second kappa shape index (κ2) is 4.63. The Morgan fingerprint density at radius 1 is 1.07 bits per heavy atom. The Bertz CT molecular complexity index is 164. The van der Waals surface area contributed by atoms with Crippen LogP contribution < -0.4 is 5.73 Å². The van der Waals surface area contributed by atoms with E-state index >= 15 is 0 Å². The number of rotatable bonds is 2. The van der Waals surface area contributed by atoms with Gasteiger partial charge in [-0.3, -0.25) is 4.90 Å². The molecule has 1 aliphatic rings. The van der Waals surface area contributed by atoms with E-state index in [1.54, 1.807) is 0 Å². The molecule has 1 aliphatic heterocycles. The van der Waals surface area contributed by atoms with Gasteiger partial charge in [0.05, 0.1) is 0 Å².